The summed E-state index contributed by atoms with van der Waals surface area (Å²) in [5, 5.41) is 7.12. The Kier molecular flexibility index (Phi) is 5.45. The number of carbonyl (C=O) groups excluding carboxylic acids is 1. The fourth-order valence-corrected chi connectivity index (χ4v) is 2.88. The lowest BCUT2D eigenvalue weighted by Crippen LogP contribution is -2.36. The summed E-state index contributed by atoms with van der Waals surface area (Å²) in [4.78, 5) is 29.4. The molecule has 0 fully saturated rings. The van der Waals surface area contributed by atoms with Crippen LogP contribution in [0.15, 0.2) is 59.5 Å². The normalized spacial score (nSPS) is 11.8. The molecule has 0 unspecified atom stereocenters. The summed E-state index contributed by atoms with van der Waals surface area (Å²) in [6.45, 7) is 5.78. The molecule has 6 heteroatoms. The van der Waals surface area contributed by atoms with Crippen molar-refractivity contribution in [3.8, 4) is 11.3 Å². The molecule has 0 bridgehead atoms. The lowest BCUT2D eigenvalue weighted by atomic mass is 10.1. The molecule has 0 saturated carbocycles. The van der Waals surface area contributed by atoms with Crippen LogP contribution in [0, 0.1) is 13.8 Å². The third kappa shape index (κ3) is 3.95. The maximum atomic E-state index is 12.8. The van der Waals surface area contributed by atoms with Gasteiger partial charge in [-0.05, 0) is 37.5 Å². The molecule has 3 rings (SSSR count). The molecule has 1 atom stereocenters. The van der Waals surface area contributed by atoms with Crippen molar-refractivity contribution in [1.82, 2.24) is 14.8 Å². The van der Waals surface area contributed by atoms with Crippen molar-refractivity contribution in [3.63, 3.8) is 0 Å². The molecular weight excluding hydrogens is 340 g/mol. The Labute approximate surface area is 157 Å². The Morgan fingerprint density at radius 3 is 2.52 bits per heavy atom. The monoisotopic (exact) mass is 362 g/mol. The molecule has 2 aromatic carbocycles. The van der Waals surface area contributed by atoms with Gasteiger partial charge < -0.3 is 5.32 Å². The van der Waals surface area contributed by atoms with Gasteiger partial charge in [0.15, 0.2) is 0 Å². The van der Waals surface area contributed by atoms with E-state index in [1.54, 1.807) is 0 Å². The number of rotatable bonds is 5. The number of aryl methyl sites for hydroxylation is 1. The highest BCUT2D eigenvalue weighted by Crippen LogP contribution is 2.20. The molecule has 0 saturated heterocycles. The van der Waals surface area contributed by atoms with E-state index in [0.29, 0.717) is 12.1 Å². The van der Waals surface area contributed by atoms with Gasteiger partial charge in [-0.3, -0.25) is 4.79 Å². The molecule has 1 N–H and O–H groups in total. The van der Waals surface area contributed by atoms with Gasteiger partial charge in [0, 0.05) is 11.3 Å². The van der Waals surface area contributed by atoms with E-state index in [9.17, 15) is 9.59 Å². The van der Waals surface area contributed by atoms with Crippen LogP contribution in [0.2, 0.25) is 0 Å². The van der Waals surface area contributed by atoms with Gasteiger partial charge in [0.25, 0.3) is 0 Å². The molecule has 1 heterocycles. The minimum Gasteiger partial charge on any atom is -0.324 e. The number of nitrogens with one attached hydrogen (secondary N) is 1. The van der Waals surface area contributed by atoms with Crippen molar-refractivity contribution >= 4 is 11.6 Å². The standard InChI is InChI=1S/C21H22N4O2/c1-4-19(20(26)23-17-12-8-9-14(2)15(17)3)25-21(27)24-18(13-22-25)16-10-6-5-7-11-16/h5-13,19H,4H2,1-3H3,(H,23,26)/t19-/m1/s1. The summed E-state index contributed by atoms with van der Waals surface area (Å²) in [7, 11) is 0. The average Bonchev–Trinajstić information content (AvgIpc) is 2.68. The van der Waals surface area contributed by atoms with Crippen molar-refractivity contribution in [2.75, 3.05) is 5.32 Å². The Morgan fingerprint density at radius 2 is 1.85 bits per heavy atom. The van der Waals surface area contributed by atoms with Crippen LogP contribution in [0.4, 0.5) is 5.69 Å². The molecule has 0 aliphatic carbocycles. The molecule has 1 aromatic heterocycles. The maximum Gasteiger partial charge on any atom is 0.365 e. The van der Waals surface area contributed by atoms with Gasteiger partial charge >= 0.3 is 5.69 Å². The zero-order valence-corrected chi connectivity index (χ0v) is 15.6. The number of anilines is 1. The quantitative estimate of drug-likeness (QED) is 0.753. The van der Waals surface area contributed by atoms with Crippen molar-refractivity contribution < 1.29 is 4.79 Å². The first-order valence-corrected chi connectivity index (χ1v) is 8.89. The molecule has 0 aliphatic heterocycles. The highest BCUT2D eigenvalue weighted by Gasteiger charge is 2.22. The Bertz CT molecular complexity index is 1010. The lowest BCUT2D eigenvalue weighted by molar-refractivity contribution is -0.119. The van der Waals surface area contributed by atoms with Crippen LogP contribution in [-0.4, -0.2) is 20.7 Å². The molecule has 138 valence electrons. The summed E-state index contributed by atoms with van der Waals surface area (Å²) >= 11 is 0. The second kappa shape index (κ2) is 7.95. The van der Waals surface area contributed by atoms with Crippen LogP contribution in [0.25, 0.3) is 11.3 Å². The van der Waals surface area contributed by atoms with Crippen LogP contribution in [0.3, 0.4) is 0 Å². The van der Waals surface area contributed by atoms with E-state index in [-0.39, 0.29) is 5.91 Å². The fourth-order valence-electron chi connectivity index (χ4n) is 2.88. The Balaban J connectivity index is 1.88. The van der Waals surface area contributed by atoms with Gasteiger partial charge in [0.1, 0.15) is 6.04 Å². The first-order chi connectivity index (χ1) is 13.0. The minimum atomic E-state index is -0.727. The molecule has 6 nitrogen and oxygen atoms in total. The summed E-state index contributed by atoms with van der Waals surface area (Å²) in [6, 6.07) is 14.3. The van der Waals surface area contributed by atoms with Crippen LogP contribution in [0.5, 0.6) is 0 Å². The molecule has 3 aromatic rings. The highest BCUT2D eigenvalue weighted by atomic mass is 16.2. The van der Waals surface area contributed by atoms with Gasteiger partial charge in [-0.15, -0.1) is 0 Å². The van der Waals surface area contributed by atoms with E-state index in [2.05, 4.69) is 15.4 Å². The van der Waals surface area contributed by atoms with Crippen LogP contribution >= 0.6 is 0 Å². The SMILES string of the molecule is CC[C@H](C(=O)Nc1cccc(C)c1C)n1ncc(-c2ccccc2)nc1=O. The number of amides is 1. The van der Waals surface area contributed by atoms with E-state index >= 15 is 0 Å². The lowest BCUT2D eigenvalue weighted by Gasteiger charge is -2.18. The van der Waals surface area contributed by atoms with Crippen molar-refractivity contribution in [2.45, 2.75) is 33.2 Å². The van der Waals surface area contributed by atoms with Gasteiger partial charge in [-0.2, -0.15) is 10.1 Å². The third-order valence-corrected chi connectivity index (χ3v) is 4.63. The summed E-state index contributed by atoms with van der Waals surface area (Å²) in [6.07, 6.45) is 1.94. The predicted molar refractivity (Wildman–Crippen MR) is 106 cm³/mol. The predicted octanol–water partition coefficient (Wildman–Crippen LogP) is 3.51. The smallest absolute Gasteiger partial charge is 0.324 e. The van der Waals surface area contributed by atoms with E-state index in [4.69, 9.17) is 0 Å². The van der Waals surface area contributed by atoms with Crippen molar-refractivity contribution in [3.05, 3.63) is 76.3 Å². The molecule has 1 amide bonds. The van der Waals surface area contributed by atoms with Gasteiger partial charge in [-0.1, -0.05) is 49.4 Å². The first kappa shape index (κ1) is 18.5. The van der Waals surface area contributed by atoms with Crippen LogP contribution in [-0.2, 0) is 4.79 Å². The number of benzene rings is 2. The molecule has 0 spiro atoms. The summed E-state index contributed by atoms with van der Waals surface area (Å²) < 4.78 is 1.15. The maximum absolute atomic E-state index is 12.8. The zero-order chi connectivity index (χ0) is 19.4. The van der Waals surface area contributed by atoms with Crippen LogP contribution < -0.4 is 11.0 Å². The second-order valence-corrected chi connectivity index (χ2v) is 6.40. The second-order valence-electron chi connectivity index (χ2n) is 6.40. The third-order valence-electron chi connectivity index (χ3n) is 4.63. The highest BCUT2D eigenvalue weighted by molar-refractivity contribution is 5.94. The number of hydrogen-bond donors (Lipinski definition) is 1. The Hall–Kier alpha value is -3.28. The molecule has 0 aliphatic rings. The van der Waals surface area contributed by atoms with E-state index in [1.807, 2.05) is 69.3 Å². The molecule has 27 heavy (non-hydrogen) atoms. The van der Waals surface area contributed by atoms with Gasteiger partial charge in [0.05, 0.1) is 11.9 Å². The van der Waals surface area contributed by atoms with Crippen molar-refractivity contribution in [2.24, 2.45) is 0 Å². The molecule has 0 radical (unpaired) electrons. The summed E-state index contributed by atoms with van der Waals surface area (Å²) in [5.41, 5.74) is 3.58. The van der Waals surface area contributed by atoms with E-state index in [1.165, 1.54) is 6.20 Å². The number of aromatic nitrogens is 3. The number of carbonyl (C=O) groups is 1. The average molecular weight is 362 g/mol. The van der Waals surface area contributed by atoms with E-state index < -0.39 is 11.7 Å². The van der Waals surface area contributed by atoms with E-state index in [0.717, 1.165) is 27.1 Å². The van der Waals surface area contributed by atoms with Gasteiger partial charge in [0.2, 0.25) is 5.91 Å². The van der Waals surface area contributed by atoms with Crippen LogP contribution in [0.1, 0.15) is 30.5 Å². The van der Waals surface area contributed by atoms with Gasteiger partial charge in [-0.25, -0.2) is 9.48 Å². The topological polar surface area (TPSA) is 76.9 Å². The van der Waals surface area contributed by atoms with Crippen molar-refractivity contribution in [1.29, 1.82) is 0 Å². The first-order valence-electron chi connectivity index (χ1n) is 8.89. The Morgan fingerprint density at radius 1 is 1.11 bits per heavy atom. The summed E-state index contributed by atoms with van der Waals surface area (Å²) in [5.74, 6) is -0.282. The zero-order valence-electron chi connectivity index (χ0n) is 15.6. The fraction of sp³-hybridized carbons (Fsp3) is 0.238. The number of hydrogen-bond acceptors (Lipinski definition) is 4. The number of nitrogens with zero attached hydrogens (tertiary/aromatic N) is 3. The minimum absolute atomic E-state index is 0.282. The molecular formula is C21H22N4O2. The largest absolute Gasteiger partial charge is 0.365 e.